The van der Waals surface area contributed by atoms with Crippen molar-refractivity contribution in [2.24, 2.45) is 0 Å². The van der Waals surface area contributed by atoms with Crippen LogP contribution in [0.15, 0.2) is 36.4 Å². The van der Waals surface area contributed by atoms with E-state index in [2.05, 4.69) is 9.47 Å². The van der Waals surface area contributed by atoms with Crippen LogP contribution in [0.25, 0.3) is 11.0 Å². The number of amides is 1. The van der Waals surface area contributed by atoms with Gasteiger partial charge in [-0.3, -0.25) is 4.79 Å². The minimum atomic E-state index is -0.426. The number of aliphatic hydroxyl groups excluding tert-OH is 1. The van der Waals surface area contributed by atoms with Crippen LogP contribution in [0.3, 0.4) is 0 Å². The number of nitrogens with zero attached hydrogens (tertiary/aromatic N) is 4. The van der Waals surface area contributed by atoms with Gasteiger partial charge in [-0.2, -0.15) is 0 Å². The standard InChI is InChI=1S/C20H18Cl2N4O2/c21-12-5-6-17(15(22)9-12)25-7-2-8-26-18-14(19(28)24-10-13(27)11-24)3-1-4-16(18)23-20(25)26/h1,3-6,9,13,27H,2,7-8,10-11H2. The van der Waals surface area contributed by atoms with E-state index in [1.165, 1.54) is 0 Å². The molecule has 6 nitrogen and oxygen atoms in total. The Bertz CT molecular complexity index is 1090. The number of benzene rings is 2. The highest BCUT2D eigenvalue weighted by molar-refractivity contribution is 6.36. The molecule has 0 aliphatic carbocycles. The smallest absolute Gasteiger partial charge is 0.256 e. The van der Waals surface area contributed by atoms with Crippen LogP contribution in [0.5, 0.6) is 0 Å². The molecule has 1 amide bonds. The second-order valence-electron chi connectivity index (χ2n) is 7.20. The third kappa shape index (κ3) is 2.75. The molecule has 0 spiro atoms. The van der Waals surface area contributed by atoms with Crippen molar-refractivity contribution in [1.82, 2.24) is 14.5 Å². The van der Waals surface area contributed by atoms with E-state index in [0.29, 0.717) is 28.7 Å². The molecule has 1 aromatic heterocycles. The molecule has 2 aliphatic heterocycles. The van der Waals surface area contributed by atoms with E-state index < -0.39 is 6.10 Å². The third-order valence-corrected chi connectivity index (χ3v) is 5.87. The average Bonchev–Trinajstić information content (AvgIpc) is 3.04. The van der Waals surface area contributed by atoms with Gasteiger partial charge in [0.1, 0.15) is 0 Å². The monoisotopic (exact) mass is 416 g/mol. The number of imidazole rings is 1. The fourth-order valence-electron chi connectivity index (χ4n) is 3.97. The normalized spacial score (nSPS) is 17.0. The van der Waals surface area contributed by atoms with E-state index in [9.17, 15) is 9.90 Å². The number of β-amino-alcohol motifs (C(OH)–C–C–N with tert-alkyl or cyclic N) is 1. The van der Waals surface area contributed by atoms with Gasteiger partial charge < -0.3 is 19.5 Å². The van der Waals surface area contributed by atoms with Crippen molar-refractivity contribution >= 4 is 51.8 Å². The third-order valence-electron chi connectivity index (χ3n) is 5.33. The van der Waals surface area contributed by atoms with Crippen LogP contribution in [-0.4, -0.2) is 51.2 Å². The fourth-order valence-corrected chi connectivity index (χ4v) is 4.48. The summed E-state index contributed by atoms with van der Waals surface area (Å²) in [6.45, 7) is 2.32. The summed E-state index contributed by atoms with van der Waals surface area (Å²) in [5, 5.41) is 10.7. The molecule has 144 valence electrons. The molecule has 0 radical (unpaired) electrons. The first-order chi connectivity index (χ1) is 13.5. The van der Waals surface area contributed by atoms with E-state index >= 15 is 0 Å². The Morgan fingerprint density at radius 2 is 1.96 bits per heavy atom. The Balaban J connectivity index is 1.63. The molecule has 0 unspecified atom stereocenters. The van der Waals surface area contributed by atoms with E-state index in [4.69, 9.17) is 28.2 Å². The largest absolute Gasteiger partial charge is 0.389 e. The lowest BCUT2D eigenvalue weighted by molar-refractivity contribution is 0.00600. The molecule has 3 aromatic rings. The molecule has 8 heteroatoms. The van der Waals surface area contributed by atoms with Gasteiger partial charge in [-0.15, -0.1) is 0 Å². The molecule has 1 saturated heterocycles. The molecule has 0 bridgehead atoms. The lowest BCUT2D eigenvalue weighted by Crippen LogP contribution is -2.53. The predicted molar refractivity (Wildman–Crippen MR) is 110 cm³/mol. The van der Waals surface area contributed by atoms with Gasteiger partial charge in [0, 0.05) is 31.2 Å². The molecule has 0 saturated carbocycles. The summed E-state index contributed by atoms with van der Waals surface area (Å²) in [5.41, 5.74) is 3.07. The first-order valence-electron chi connectivity index (χ1n) is 9.22. The Hall–Kier alpha value is -2.28. The first kappa shape index (κ1) is 17.8. The van der Waals surface area contributed by atoms with Crippen LogP contribution in [0, 0.1) is 0 Å². The first-order valence-corrected chi connectivity index (χ1v) is 9.97. The van der Waals surface area contributed by atoms with Crippen molar-refractivity contribution in [3.05, 3.63) is 52.0 Å². The number of hydrogen-bond acceptors (Lipinski definition) is 4. The lowest BCUT2D eigenvalue weighted by atomic mass is 10.1. The highest BCUT2D eigenvalue weighted by atomic mass is 35.5. The molecule has 3 heterocycles. The maximum Gasteiger partial charge on any atom is 0.256 e. The highest BCUT2D eigenvalue weighted by Crippen LogP contribution is 2.38. The molecule has 1 fully saturated rings. The average molecular weight is 417 g/mol. The van der Waals surface area contributed by atoms with Gasteiger partial charge in [-0.1, -0.05) is 29.3 Å². The number of likely N-dealkylation sites (tertiary alicyclic amines) is 1. The maximum absolute atomic E-state index is 12.9. The Kier molecular flexibility index (Phi) is 4.23. The van der Waals surface area contributed by atoms with Crippen molar-refractivity contribution in [3.63, 3.8) is 0 Å². The minimum absolute atomic E-state index is 0.0692. The zero-order chi connectivity index (χ0) is 19.4. The summed E-state index contributed by atoms with van der Waals surface area (Å²) in [7, 11) is 0. The zero-order valence-corrected chi connectivity index (χ0v) is 16.5. The van der Waals surface area contributed by atoms with Gasteiger partial charge in [0.05, 0.1) is 33.4 Å². The molecule has 5 rings (SSSR count). The van der Waals surface area contributed by atoms with Gasteiger partial charge in [-0.25, -0.2) is 4.98 Å². The van der Waals surface area contributed by atoms with E-state index in [1.807, 2.05) is 30.3 Å². The minimum Gasteiger partial charge on any atom is -0.389 e. The number of aryl methyl sites for hydroxylation is 1. The van der Waals surface area contributed by atoms with Gasteiger partial charge in [0.2, 0.25) is 5.95 Å². The van der Waals surface area contributed by atoms with Crippen LogP contribution >= 0.6 is 23.2 Å². The molecule has 28 heavy (non-hydrogen) atoms. The molecule has 0 atom stereocenters. The Labute approximate surface area is 171 Å². The summed E-state index contributed by atoms with van der Waals surface area (Å²) in [6, 6.07) is 11.0. The van der Waals surface area contributed by atoms with Gasteiger partial charge in [0.25, 0.3) is 5.91 Å². The molecule has 2 aromatic carbocycles. The topological polar surface area (TPSA) is 61.6 Å². The zero-order valence-electron chi connectivity index (χ0n) is 15.0. The summed E-state index contributed by atoms with van der Waals surface area (Å²) in [6.07, 6.45) is 0.479. The van der Waals surface area contributed by atoms with Crippen molar-refractivity contribution in [2.75, 3.05) is 24.5 Å². The fraction of sp³-hybridized carbons (Fsp3) is 0.300. The number of carbonyl (C=O) groups excluding carboxylic acids is 1. The predicted octanol–water partition coefficient (Wildman–Crippen LogP) is 3.70. The molecule has 1 N–H and O–H groups in total. The molecule has 2 aliphatic rings. The molecular weight excluding hydrogens is 399 g/mol. The summed E-state index contributed by atoms with van der Waals surface area (Å²) in [5.74, 6) is 0.703. The quantitative estimate of drug-likeness (QED) is 0.691. The van der Waals surface area contributed by atoms with Gasteiger partial charge >= 0.3 is 0 Å². The van der Waals surface area contributed by atoms with Gasteiger partial charge in [-0.05, 0) is 36.8 Å². The number of aromatic nitrogens is 2. The number of hydrogen-bond donors (Lipinski definition) is 1. The van der Waals surface area contributed by atoms with E-state index in [0.717, 1.165) is 42.2 Å². The number of aliphatic hydroxyl groups is 1. The summed E-state index contributed by atoms with van der Waals surface area (Å²) in [4.78, 5) is 21.5. The number of fused-ring (bicyclic) bond motifs is 3. The number of carbonyl (C=O) groups is 1. The van der Waals surface area contributed by atoms with Crippen LogP contribution in [0.4, 0.5) is 11.6 Å². The number of rotatable bonds is 2. The van der Waals surface area contributed by atoms with Crippen LogP contribution < -0.4 is 4.90 Å². The summed E-state index contributed by atoms with van der Waals surface area (Å²) >= 11 is 12.5. The Morgan fingerprint density at radius 1 is 1.14 bits per heavy atom. The second kappa shape index (κ2) is 6.65. The lowest BCUT2D eigenvalue weighted by Gasteiger charge is -2.36. The van der Waals surface area contributed by atoms with Crippen LogP contribution in [0.2, 0.25) is 10.0 Å². The van der Waals surface area contributed by atoms with E-state index in [1.54, 1.807) is 11.0 Å². The Morgan fingerprint density at radius 3 is 2.71 bits per heavy atom. The number of halogens is 2. The molecular formula is C20H18Cl2N4O2. The van der Waals surface area contributed by atoms with E-state index in [-0.39, 0.29) is 5.91 Å². The maximum atomic E-state index is 12.9. The van der Waals surface area contributed by atoms with Crippen molar-refractivity contribution in [2.45, 2.75) is 19.1 Å². The summed E-state index contributed by atoms with van der Waals surface area (Å²) < 4.78 is 2.09. The van der Waals surface area contributed by atoms with Crippen molar-refractivity contribution in [3.8, 4) is 0 Å². The SMILES string of the molecule is O=C(c1cccc2nc3n(c12)CCCN3c1ccc(Cl)cc1Cl)N1CC(O)C1. The van der Waals surface area contributed by atoms with Crippen LogP contribution in [-0.2, 0) is 6.54 Å². The number of anilines is 2. The highest BCUT2D eigenvalue weighted by Gasteiger charge is 2.32. The number of para-hydroxylation sites is 1. The van der Waals surface area contributed by atoms with Gasteiger partial charge in [0.15, 0.2) is 0 Å². The van der Waals surface area contributed by atoms with Crippen molar-refractivity contribution in [1.29, 1.82) is 0 Å². The van der Waals surface area contributed by atoms with Crippen molar-refractivity contribution < 1.29 is 9.90 Å². The van der Waals surface area contributed by atoms with Crippen LogP contribution in [0.1, 0.15) is 16.8 Å². The second-order valence-corrected chi connectivity index (χ2v) is 8.05.